The fraction of sp³-hybridized carbons (Fsp3) is 0.440. The lowest BCUT2D eigenvalue weighted by atomic mass is 9.96. The van der Waals surface area contributed by atoms with E-state index in [0.29, 0.717) is 12.1 Å². The number of aliphatic carboxylic acids is 1. The average molecular weight is 530 g/mol. The Kier molecular flexibility index (Phi) is 11.4. The first kappa shape index (κ1) is 30.0. The van der Waals surface area contributed by atoms with Crippen LogP contribution >= 0.6 is 0 Å². The standard InChI is InChI=1S/C25H35N7O6/c1-3-14(2)21(24(36)31-19(25(37)38)11-20(27)33)32-23(35)18(9-15-7-5-4-6-8-15)30-22(34)17(26)10-16-12-28-13-29-16/h4-8,12-14,17-19,21H,3,9-11,26H2,1-2H3,(H2,27,33)(H,28,29)(H,30,34)(H,31,36)(H,32,35)(H,37,38). The summed E-state index contributed by atoms with van der Waals surface area (Å²) in [7, 11) is 0. The molecule has 0 bridgehead atoms. The number of nitrogens with one attached hydrogen (secondary N) is 4. The minimum Gasteiger partial charge on any atom is -0.480 e. The topological polar surface area (TPSA) is 222 Å². The van der Waals surface area contributed by atoms with Crippen molar-refractivity contribution in [2.75, 3.05) is 0 Å². The number of H-pyrrole nitrogens is 1. The Bertz CT molecular complexity index is 1090. The molecule has 0 aliphatic heterocycles. The van der Waals surface area contributed by atoms with Crippen molar-refractivity contribution in [3.8, 4) is 0 Å². The second-order valence-corrected chi connectivity index (χ2v) is 9.08. The molecule has 0 radical (unpaired) electrons. The molecule has 2 aromatic rings. The third kappa shape index (κ3) is 9.32. The van der Waals surface area contributed by atoms with Crippen LogP contribution in [0, 0.1) is 5.92 Å². The van der Waals surface area contributed by atoms with Crippen LogP contribution in [0.1, 0.15) is 37.9 Å². The molecule has 1 heterocycles. The number of imidazole rings is 1. The van der Waals surface area contributed by atoms with Crippen molar-refractivity contribution in [2.24, 2.45) is 17.4 Å². The van der Waals surface area contributed by atoms with E-state index < -0.39 is 66.1 Å². The number of benzene rings is 1. The van der Waals surface area contributed by atoms with E-state index in [-0.39, 0.29) is 12.8 Å². The van der Waals surface area contributed by atoms with Crippen LogP contribution in [0.5, 0.6) is 0 Å². The van der Waals surface area contributed by atoms with Crippen molar-refractivity contribution < 1.29 is 29.1 Å². The molecule has 2 rings (SSSR count). The Morgan fingerprint density at radius 1 is 0.974 bits per heavy atom. The maximum absolute atomic E-state index is 13.4. The van der Waals surface area contributed by atoms with Gasteiger partial charge in [0.2, 0.25) is 23.6 Å². The fourth-order valence-electron chi connectivity index (χ4n) is 3.68. The maximum atomic E-state index is 13.4. The molecule has 0 aliphatic rings. The first-order valence-electron chi connectivity index (χ1n) is 12.2. The molecule has 0 aliphatic carbocycles. The van der Waals surface area contributed by atoms with Crippen molar-refractivity contribution in [3.05, 3.63) is 54.1 Å². The molecule has 9 N–H and O–H groups in total. The number of amides is 4. The van der Waals surface area contributed by atoms with E-state index in [2.05, 4.69) is 25.9 Å². The van der Waals surface area contributed by atoms with Crippen LogP contribution < -0.4 is 27.4 Å². The van der Waals surface area contributed by atoms with Gasteiger partial charge in [-0.1, -0.05) is 50.6 Å². The van der Waals surface area contributed by atoms with Crippen LogP contribution in [0.15, 0.2) is 42.9 Å². The van der Waals surface area contributed by atoms with Crippen molar-refractivity contribution in [3.63, 3.8) is 0 Å². The lowest BCUT2D eigenvalue weighted by Crippen LogP contribution is -2.59. The molecule has 38 heavy (non-hydrogen) atoms. The molecule has 0 spiro atoms. The third-order valence-electron chi connectivity index (χ3n) is 6.06. The Hall–Kier alpha value is -4.26. The Morgan fingerprint density at radius 2 is 1.63 bits per heavy atom. The van der Waals surface area contributed by atoms with Crippen LogP contribution in [0.3, 0.4) is 0 Å². The highest BCUT2D eigenvalue weighted by Gasteiger charge is 2.33. The van der Waals surface area contributed by atoms with Gasteiger partial charge in [-0.25, -0.2) is 9.78 Å². The normalized spacial score (nSPS) is 14.8. The van der Waals surface area contributed by atoms with Crippen LogP contribution in [-0.2, 0) is 36.8 Å². The summed E-state index contributed by atoms with van der Waals surface area (Å²) < 4.78 is 0. The zero-order valence-electron chi connectivity index (χ0n) is 21.3. The van der Waals surface area contributed by atoms with Gasteiger partial charge in [-0.15, -0.1) is 0 Å². The number of hydrogen-bond acceptors (Lipinski definition) is 7. The zero-order chi connectivity index (χ0) is 28.2. The Labute approximate surface area is 220 Å². The van der Waals surface area contributed by atoms with E-state index in [1.54, 1.807) is 44.3 Å². The minimum absolute atomic E-state index is 0.115. The van der Waals surface area contributed by atoms with Gasteiger partial charge in [-0.2, -0.15) is 0 Å². The number of aromatic nitrogens is 2. The third-order valence-corrected chi connectivity index (χ3v) is 6.06. The highest BCUT2D eigenvalue weighted by molar-refractivity contribution is 5.95. The molecule has 0 saturated carbocycles. The van der Waals surface area contributed by atoms with E-state index in [0.717, 1.165) is 5.56 Å². The number of nitrogens with zero attached hydrogens (tertiary/aromatic N) is 1. The summed E-state index contributed by atoms with van der Waals surface area (Å²) in [6, 6.07) is 4.21. The van der Waals surface area contributed by atoms with Gasteiger partial charge in [0.15, 0.2) is 0 Å². The van der Waals surface area contributed by atoms with Crippen LogP contribution in [0.2, 0.25) is 0 Å². The van der Waals surface area contributed by atoms with Gasteiger partial charge in [-0.05, 0) is 11.5 Å². The van der Waals surface area contributed by atoms with Gasteiger partial charge in [0, 0.05) is 24.7 Å². The molecule has 5 unspecified atom stereocenters. The van der Waals surface area contributed by atoms with Crippen molar-refractivity contribution in [1.29, 1.82) is 0 Å². The number of carbonyl (C=O) groups excluding carboxylic acids is 4. The number of rotatable bonds is 15. The van der Waals surface area contributed by atoms with E-state index >= 15 is 0 Å². The lowest BCUT2D eigenvalue weighted by Gasteiger charge is -2.28. The van der Waals surface area contributed by atoms with Gasteiger partial charge in [0.1, 0.15) is 18.1 Å². The molecule has 13 nitrogen and oxygen atoms in total. The van der Waals surface area contributed by atoms with Crippen molar-refractivity contribution in [1.82, 2.24) is 25.9 Å². The monoisotopic (exact) mass is 529 g/mol. The molecule has 13 heteroatoms. The van der Waals surface area contributed by atoms with Gasteiger partial charge in [0.25, 0.3) is 0 Å². The molecule has 4 amide bonds. The molecule has 0 saturated heterocycles. The minimum atomic E-state index is -1.55. The smallest absolute Gasteiger partial charge is 0.326 e. The first-order chi connectivity index (χ1) is 18.0. The van der Waals surface area contributed by atoms with Crippen LogP contribution in [0.25, 0.3) is 0 Å². The molecular formula is C25H35N7O6. The molecule has 0 fully saturated rings. The van der Waals surface area contributed by atoms with Crippen LogP contribution in [0.4, 0.5) is 0 Å². The van der Waals surface area contributed by atoms with Gasteiger partial charge in [0.05, 0.1) is 18.8 Å². The fourth-order valence-corrected chi connectivity index (χ4v) is 3.68. The van der Waals surface area contributed by atoms with Crippen molar-refractivity contribution >= 4 is 29.6 Å². The summed E-state index contributed by atoms with van der Waals surface area (Å²) in [5, 5.41) is 16.9. The second-order valence-electron chi connectivity index (χ2n) is 9.08. The first-order valence-corrected chi connectivity index (χ1v) is 12.2. The molecule has 1 aromatic carbocycles. The molecule has 206 valence electrons. The predicted octanol–water partition coefficient (Wildman–Crippen LogP) is -1.02. The number of nitrogens with two attached hydrogens (primary N) is 2. The summed E-state index contributed by atoms with van der Waals surface area (Å²) in [4.78, 5) is 68.8. The Balaban J connectivity index is 2.22. The highest BCUT2D eigenvalue weighted by atomic mass is 16.4. The zero-order valence-corrected chi connectivity index (χ0v) is 21.3. The Morgan fingerprint density at radius 3 is 2.18 bits per heavy atom. The van der Waals surface area contributed by atoms with Crippen LogP contribution in [-0.4, -0.2) is 68.8 Å². The van der Waals surface area contributed by atoms with Crippen molar-refractivity contribution in [2.45, 2.75) is 63.7 Å². The summed E-state index contributed by atoms with van der Waals surface area (Å²) in [5.74, 6) is -4.77. The summed E-state index contributed by atoms with van der Waals surface area (Å²) in [6.07, 6.45) is 3.15. The van der Waals surface area contributed by atoms with Gasteiger partial charge < -0.3 is 37.5 Å². The van der Waals surface area contributed by atoms with E-state index in [4.69, 9.17) is 11.5 Å². The average Bonchev–Trinajstić information content (AvgIpc) is 3.39. The number of carboxylic acid groups (broad SMARTS) is 1. The maximum Gasteiger partial charge on any atom is 0.326 e. The number of primary amides is 1. The van der Waals surface area contributed by atoms with E-state index in [1.165, 1.54) is 6.33 Å². The van der Waals surface area contributed by atoms with E-state index in [1.807, 2.05) is 6.07 Å². The molecular weight excluding hydrogens is 494 g/mol. The SMILES string of the molecule is CCC(C)C(NC(=O)C(Cc1ccccc1)NC(=O)C(N)Cc1cnc[nH]1)C(=O)NC(CC(N)=O)C(=O)O. The largest absolute Gasteiger partial charge is 0.480 e. The van der Waals surface area contributed by atoms with Gasteiger partial charge in [-0.3, -0.25) is 19.2 Å². The number of hydrogen-bond donors (Lipinski definition) is 7. The summed E-state index contributed by atoms with van der Waals surface area (Å²) >= 11 is 0. The van der Waals surface area contributed by atoms with E-state index in [9.17, 15) is 29.1 Å². The second kappa shape index (κ2) is 14.5. The predicted molar refractivity (Wildman–Crippen MR) is 137 cm³/mol. The number of carboxylic acids is 1. The molecule has 5 atom stereocenters. The summed E-state index contributed by atoms with van der Waals surface area (Å²) in [6.45, 7) is 3.51. The van der Waals surface area contributed by atoms with Gasteiger partial charge >= 0.3 is 5.97 Å². The quantitative estimate of drug-likeness (QED) is 0.151. The number of carbonyl (C=O) groups is 5. The lowest BCUT2D eigenvalue weighted by molar-refractivity contribution is -0.144. The summed E-state index contributed by atoms with van der Waals surface area (Å²) in [5.41, 5.74) is 12.5. The molecule has 1 aromatic heterocycles. The highest BCUT2D eigenvalue weighted by Crippen LogP contribution is 2.11. The number of aromatic amines is 1.